The molecule has 0 aromatic heterocycles. The Morgan fingerprint density at radius 2 is 2.00 bits per heavy atom. The Kier molecular flexibility index (Phi) is 6.59. The first kappa shape index (κ1) is 21.0. The summed E-state index contributed by atoms with van der Waals surface area (Å²) in [5.74, 6) is 1.42. The van der Waals surface area contributed by atoms with Gasteiger partial charge in [-0.1, -0.05) is 32.0 Å². The molecule has 2 atom stereocenters. The Morgan fingerprint density at radius 1 is 1.31 bits per heavy atom. The molecule has 1 aromatic rings. The zero-order valence-corrected chi connectivity index (χ0v) is 16.7. The van der Waals surface area contributed by atoms with Crippen molar-refractivity contribution >= 4 is 18.3 Å². The Labute approximate surface area is 162 Å². The van der Waals surface area contributed by atoms with Gasteiger partial charge in [0, 0.05) is 30.6 Å². The van der Waals surface area contributed by atoms with Gasteiger partial charge in [-0.05, 0) is 31.7 Å². The lowest BCUT2D eigenvalue weighted by molar-refractivity contribution is -0.170. The highest BCUT2D eigenvalue weighted by molar-refractivity contribution is 5.88. The lowest BCUT2D eigenvalue weighted by Gasteiger charge is -2.57. The summed E-state index contributed by atoms with van der Waals surface area (Å²) in [6.07, 6.45) is 3.09. The topological polar surface area (TPSA) is 73.6 Å². The third-order valence-electron chi connectivity index (χ3n) is 5.82. The molecule has 2 saturated carbocycles. The fourth-order valence-electron chi connectivity index (χ4n) is 3.44. The molecule has 0 heterocycles. The SMILES string of the molecule is CCOC1CC(N)(C(=O)NCc2ccccc2OCC2CC2)C1(C)C.Cl. The van der Waals surface area contributed by atoms with Crippen LogP contribution in [-0.4, -0.2) is 30.8 Å². The van der Waals surface area contributed by atoms with Crippen molar-refractivity contribution in [3.8, 4) is 5.75 Å². The van der Waals surface area contributed by atoms with E-state index in [2.05, 4.69) is 5.32 Å². The van der Waals surface area contributed by atoms with Crippen LogP contribution in [0.25, 0.3) is 0 Å². The predicted molar refractivity (Wildman–Crippen MR) is 104 cm³/mol. The summed E-state index contributed by atoms with van der Waals surface area (Å²) in [7, 11) is 0. The van der Waals surface area contributed by atoms with Crippen molar-refractivity contribution in [3.63, 3.8) is 0 Å². The van der Waals surface area contributed by atoms with E-state index in [1.54, 1.807) is 0 Å². The van der Waals surface area contributed by atoms with Crippen molar-refractivity contribution in [2.45, 2.75) is 58.2 Å². The van der Waals surface area contributed by atoms with Crippen LogP contribution in [0.1, 0.15) is 45.6 Å². The molecule has 0 aliphatic heterocycles. The maximum absolute atomic E-state index is 12.7. The first-order chi connectivity index (χ1) is 11.9. The predicted octanol–water partition coefficient (Wildman–Crippen LogP) is 3.05. The standard InChI is InChI=1S/C20H30N2O3.ClH/c1-4-24-17-11-20(21,19(17,2)3)18(23)22-12-15-7-5-6-8-16(15)25-13-14-9-10-14;/h5-8,14,17H,4,9-13,21H2,1-3H3,(H,22,23);1H. The van der Waals surface area contributed by atoms with Crippen molar-refractivity contribution in [2.24, 2.45) is 17.1 Å². The summed E-state index contributed by atoms with van der Waals surface area (Å²) in [6.45, 7) is 7.79. The summed E-state index contributed by atoms with van der Waals surface area (Å²) in [5, 5.41) is 3.00. The summed E-state index contributed by atoms with van der Waals surface area (Å²) in [5.41, 5.74) is 6.14. The van der Waals surface area contributed by atoms with Gasteiger partial charge in [-0.2, -0.15) is 0 Å². The molecule has 1 aromatic carbocycles. The first-order valence-corrected chi connectivity index (χ1v) is 9.28. The van der Waals surface area contributed by atoms with Crippen LogP contribution in [0.2, 0.25) is 0 Å². The zero-order valence-electron chi connectivity index (χ0n) is 15.9. The van der Waals surface area contributed by atoms with E-state index in [0.29, 0.717) is 25.5 Å². The maximum atomic E-state index is 12.7. The molecule has 0 saturated heterocycles. The molecule has 2 fully saturated rings. The average molecular weight is 383 g/mol. The zero-order chi connectivity index (χ0) is 18.1. The number of hydrogen-bond donors (Lipinski definition) is 2. The molecule has 0 spiro atoms. The minimum atomic E-state index is -0.892. The van der Waals surface area contributed by atoms with Crippen LogP contribution < -0.4 is 15.8 Å². The molecule has 26 heavy (non-hydrogen) atoms. The molecule has 3 rings (SSSR count). The monoisotopic (exact) mass is 382 g/mol. The van der Waals surface area contributed by atoms with Gasteiger partial charge in [0.15, 0.2) is 0 Å². The minimum Gasteiger partial charge on any atom is -0.493 e. The molecule has 146 valence electrons. The number of carbonyl (C=O) groups is 1. The number of para-hydroxylation sites is 1. The molecule has 6 heteroatoms. The van der Waals surface area contributed by atoms with E-state index in [1.165, 1.54) is 12.8 Å². The van der Waals surface area contributed by atoms with Gasteiger partial charge in [-0.3, -0.25) is 4.79 Å². The van der Waals surface area contributed by atoms with E-state index < -0.39 is 5.54 Å². The van der Waals surface area contributed by atoms with Crippen LogP contribution in [0.3, 0.4) is 0 Å². The molecule has 2 unspecified atom stereocenters. The molecule has 2 aliphatic carbocycles. The summed E-state index contributed by atoms with van der Waals surface area (Å²) in [4.78, 5) is 12.7. The quantitative estimate of drug-likeness (QED) is 0.724. The van der Waals surface area contributed by atoms with E-state index in [1.807, 2.05) is 45.0 Å². The van der Waals surface area contributed by atoms with E-state index in [-0.39, 0.29) is 29.8 Å². The number of amides is 1. The number of carbonyl (C=O) groups excluding carboxylic acids is 1. The fourth-order valence-corrected chi connectivity index (χ4v) is 3.44. The highest BCUT2D eigenvalue weighted by Crippen LogP contribution is 2.49. The number of nitrogens with one attached hydrogen (secondary N) is 1. The van der Waals surface area contributed by atoms with Crippen LogP contribution in [0.4, 0.5) is 0 Å². The molecule has 0 bridgehead atoms. The van der Waals surface area contributed by atoms with Crippen LogP contribution in [0.5, 0.6) is 5.75 Å². The fraction of sp³-hybridized carbons (Fsp3) is 0.650. The second-order valence-electron chi connectivity index (χ2n) is 7.89. The number of halogens is 1. The molecule has 0 radical (unpaired) electrons. The van der Waals surface area contributed by atoms with E-state index in [4.69, 9.17) is 15.2 Å². The third kappa shape index (κ3) is 4.00. The first-order valence-electron chi connectivity index (χ1n) is 9.28. The van der Waals surface area contributed by atoms with Gasteiger partial charge in [-0.15, -0.1) is 12.4 Å². The van der Waals surface area contributed by atoms with Crippen molar-refractivity contribution in [2.75, 3.05) is 13.2 Å². The maximum Gasteiger partial charge on any atom is 0.241 e. The Bertz CT molecular complexity index is 633. The molecule has 3 N–H and O–H groups in total. The second kappa shape index (κ2) is 8.15. The van der Waals surface area contributed by atoms with Crippen molar-refractivity contribution < 1.29 is 14.3 Å². The molecule has 1 amide bonds. The van der Waals surface area contributed by atoms with Crippen LogP contribution in [-0.2, 0) is 16.1 Å². The second-order valence-corrected chi connectivity index (χ2v) is 7.89. The average Bonchev–Trinajstić information content (AvgIpc) is 3.42. The summed E-state index contributed by atoms with van der Waals surface area (Å²) < 4.78 is 11.6. The number of rotatable bonds is 8. The van der Waals surface area contributed by atoms with Gasteiger partial charge in [0.2, 0.25) is 5.91 Å². The van der Waals surface area contributed by atoms with Gasteiger partial charge < -0.3 is 20.5 Å². The van der Waals surface area contributed by atoms with Crippen LogP contribution in [0, 0.1) is 11.3 Å². The van der Waals surface area contributed by atoms with Gasteiger partial charge in [0.1, 0.15) is 11.3 Å². The molecular formula is C20H31ClN2O3. The van der Waals surface area contributed by atoms with Gasteiger partial charge in [-0.25, -0.2) is 0 Å². The van der Waals surface area contributed by atoms with Gasteiger partial charge in [0.25, 0.3) is 0 Å². The van der Waals surface area contributed by atoms with Crippen molar-refractivity contribution in [1.29, 1.82) is 0 Å². The highest BCUT2D eigenvalue weighted by Gasteiger charge is 2.62. The Balaban J connectivity index is 0.00000243. The normalized spacial score (nSPS) is 26.4. The molecule has 2 aliphatic rings. The lowest BCUT2D eigenvalue weighted by Crippen LogP contribution is -2.75. The number of benzene rings is 1. The Morgan fingerprint density at radius 3 is 2.62 bits per heavy atom. The summed E-state index contributed by atoms with van der Waals surface area (Å²) in [6, 6.07) is 7.86. The van der Waals surface area contributed by atoms with Gasteiger partial charge in [0.05, 0.1) is 12.7 Å². The molecule has 5 nitrogen and oxygen atoms in total. The molecular weight excluding hydrogens is 352 g/mol. The summed E-state index contributed by atoms with van der Waals surface area (Å²) >= 11 is 0. The van der Waals surface area contributed by atoms with E-state index >= 15 is 0 Å². The van der Waals surface area contributed by atoms with Crippen LogP contribution in [0.15, 0.2) is 24.3 Å². The van der Waals surface area contributed by atoms with E-state index in [0.717, 1.165) is 17.9 Å². The number of nitrogens with two attached hydrogens (primary N) is 1. The third-order valence-corrected chi connectivity index (χ3v) is 5.82. The lowest BCUT2D eigenvalue weighted by atomic mass is 9.54. The smallest absolute Gasteiger partial charge is 0.241 e. The van der Waals surface area contributed by atoms with Gasteiger partial charge >= 0.3 is 0 Å². The van der Waals surface area contributed by atoms with Crippen LogP contribution >= 0.6 is 12.4 Å². The largest absolute Gasteiger partial charge is 0.493 e. The van der Waals surface area contributed by atoms with Crippen molar-refractivity contribution in [1.82, 2.24) is 5.32 Å². The highest BCUT2D eigenvalue weighted by atomic mass is 35.5. The number of hydrogen-bond acceptors (Lipinski definition) is 4. The van der Waals surface area contributed by atoms with Crippen molar-refractivity contribution in [3.05, 3.63) is 29.8 Å². The minimum absolute atomic E-state index is 0. The van der Waals surface area contributed by atoms with E-state index in [9.17, 15) is 4.79 Å². The Hall–Kier alpha value is -1.30. The number of ether oxygens (including phenoxy) is 2.